The van der Waals surface area contributed by atoms with E-state index in [-0.39, 0.29) is 24.2 Å². The summed E-state index contributed by atoms with van der Waals surface area (Å²) in [5.74, 6) is -0.644. The second kappa shape index (κ2) is 8.72. The maximum atomic E-state index is 11.9. The van der Waals surface area contributed by atoms with Crippen LogP contribution in [-0.4, -0.2) is 34.3 Å². The van der Waals surface area contributed by atoms with Crippen LogP contribution in [0.5, 0.6) is 0 Å². The average Bonchev–Trinajstić information content (AvgIpc) is 2.55. The number of rotatable bonds is 8. The van der Waals surface area contributed by atoms with Crippen molar-refractivity contribution in [2.45, 2.75) is 64.7 Å². The van der Waals surface area contributed by atoms with E-state index in [0.717, 1.165) is 32.1 Å². The minimum atomic E-state index is -0.784. The normalized spacial score (nSPS) is 17.9. The number of imide groups is 1. The molecule has 0 aromatic heterocycles. The van der Waals surface area contributed by atoms with Crippen molar-refractivity contribution in [3.63, 3.8) is 0 Å². The van der Waals surface area contributed by atoms with E-state index in [9.17, 15) is 14.4 Å². The summed E-state index contributed by atoms with van der Waals surface area (Å²) in [5, 5.41) is 8.75. The van der Waals surface area contributed by atoms with Crippen LogP contribution >= 0.6 is 0 Å². The number of carbonyl (C=O) groups excluding carboxylic acids is 2. The summed E-state index contributed by atoms with van der Waals surface area (Å²) in [6.07, 6.45) is 5.94. The van der Waals surface area contributed by atoms with Gasteiger partial charge in [-0.05, 0) is 31.6 Å². The molecular formula is C15H25NO4. The van der Waals surface area contributed by atoms with Gasteiger partial charge < -0.3 is 5.11 Å². The molecule has 114 valence electrons. The van der Waals surface area contributed by atoms with E-state index < -0.39 is 5.97 Å². The van der Waals surface area contributed by atoms with Crippen LogP contribution in [0.2, 0.25) is 0 Å². The molecule has 20 heavy (non-hydrogen) atoms. The highest BCUT2D eigenvalue weighted by atomic mass is 16.4. The van der Waals surface area contributed by atoms with Crippen LogP contribution in [0.15, 0.2) is 0 Å². The lowest BCUT2D eigenvalue weighted by Crippen LogP contribution is -2.36. The van der Waals surface area contributed by atoms with Crippen molar-refractivity contribution < 1.29 is 19.5 Å². The fraction of sp³-hybridized carbons (Fsp3) is 0.800. The first-order valence-electron chi connectivity index (χ1n) is 7.59. The Balaban J connectivity index is 2.48. The standard InChI is InChI=1S/C15H25NO4/c1-2-5-12(8-9-15(19)20)10-11-16-13(17)6-3-4-7-14(16)18/h12H,2-11H2,1H3,(H,19,20). The van der Waals surface area contributed by atoms with E-state index >= 15 is 0 Å². The van der Waals surface area contributed by atoms with E-state index in [1.807, 2.05) is 0 Å². The molecule has 1 aliphatic heterocycles. The smallest absolute Gasteiger partial charge is 0.303 e. The fourth-order valence-electron chi connectivity index (χ4n) is 2.69. The van der Waals surface area contributed by atoms with Gasteiger partial charge in [-0.2, -0.15) is 0 Å². The van der Waals surface area contributed by atoms with Crippen molar-refractivity contribution in [3.8, 4) is 0 Å². The van der Waals surface area contributed by atoms with Gasteiger partial charge in [0.15, 0.2) is 0 Å². The minimum Gasteiger partial charge on any atom is -0.481 e. The van der Waals surface area contributed by atoms with Gasteiger partial charge in [0, 0.05) is 25.8 Å². The average molecular weight is 283 g/mol. The summed E-state index contributed by atoms with van der Waals surface area (Å²) in [4.78, 5) is 35.8. The topological polar surface area (TPSA) is 74.7 Å². The Morgan fingerprint density at radius 3 is 2.25 bits per heavy atom. The third-order valence-corrected chi connectivity index (χ3v) is 3.86. The van der Waals surface area contributed by atoms with Crippen molar-refractivity contribution in [2.24, 2.45) is 5.92 Å². The lowest BCUT2D eigenvalue weighted by molar-refractivity contribution is -0.144. The zero-order valence-electron chi connectivity index (χ0n) is 12.3. The van der Waals surface area contributed by atoms with E-state index in [1.165, 1.54) is 4.90 Å². The molecule has 0 aromatic carbocycles. The van der Waals surface area contributed by atoms with Gasteiger partial charge in [0.05, 0.1) is 0 Å². The van der Waals surface area contributed by atoms with Gasteiger partial charge in [0.25, 0.3) is 0 Å². The monoisotopic (exact) mass is 283 g/mol. The second-order valence-corrected chi connectivity index (χ2v) is 5.52. The molecule has 0 saturated carbocycles. The van der Waals surface area contributed by atoms with Crippen molar-refractivity contribution in [1.82, 2.24) is 4.90 Å². The third-order valence-electron chi connectivity index (χ3n) is 3.86. The predicted octanol–water partition coefficient (Wildman–Crippen LogP) is 2.59. The largest absolute Gasteiger partial charge is 0.481 e. The van der Waals surface area contributed by atoms with Crippen LogP contribution in [0.3, 0.4) is 0 Å². The van der Waals surface area contributed by atoms with Gasteiger partial charge in [-0.15, -0.1) is 0 Å². The Morgan fingerprint density at radius 2 is 1.75 bits per heavy atom. The lowest BCUT2D eigenvalue weighted by Gasteiger charge is -2.22. The van der Waals surface area contributed by atoms with E-state index in [0.29, 0.717) is 25.8 Å². The summed E-state index contributed by atoms with van der Waals surface area (Å²) in [6, 6.07) is 0. The first-order valence-corrected chi connectivity index (χ1v) is 7.59. The molecule has 1 N–H and O–H groups in total. The Bertz CT molecular complexity index is 336. The molecule has 1 saturated heterocycles. The lowest BCUT2D eigenvalue weighted by atomic mass is 9.94. The summed E-state index contributed by atoms with van der Waals surface area (Å²) in [6.45, 7) is 2.51. The van der Waals surface area contributed by atoms with Crippen LogP contribution in [0, 0.1) is 5.92 Å². The fourth-order valence-corrected chi connectivity index (χ4v) is 2.69. The highest BCUT2D eigenvalue weighted by molar-refractivity contribution is 5.95. The third kappa shape index (κ3) is 5.72. The molecule has 1 rings (SSSR count). The molecule has 1 unspecified atom stereocenters. The van der Waals surface area contributed by atoms with Crippen LogP contribution < -0.4 is 0 Å². The molecule has 5 nitrogen and oxygen atoms in total. The van der Waals surface area contributed by atoms with E-state index in [1.54, 1.807) is 0 Å². The van der Waals surface area contributed by atoms with Crippen LogP contribution in [-0.2, 0) is 14.4 Å². The van der Waals surface area contributed by atoms with Crippen molar-refractivity contribution in [3.05, 3.63) is 0 Å². The second-order valence-electron chi connectivity index (χ2n) is 5.52. The number of hydrogen-bond donors (Lipinski definition) is 1. The highest BCUT2D eigenvalue weighted by Crippen LogP contribution is 2.20. The summed E-state index contributed by atoms with van der Waals surface area (Å²) in [5.41, 5.74) is 0. The maximum absolute atomic E-state index is 11.9. The van der Waals surface area contributed by atoms with Crippen LogP contribution in [0.4, 0.5) is 0 Å². The molecule has 1 aliphatic rings. The molecule has 0 radical (unpaired) electrons. The number of carboxylic acids is 1. The predicted molar refractivity (Wildman–Crippen MR) is 75.1 cm³/mol. The summed E-state index contributed by atoms with van der Waals surface area (Å²) in [7, 11) is 0. The summed E-state index contributed by atoms with van der Waals surface area (Å²) < 4.78 is 0. The first-order chi connectivity index (χ1) is 9.54. The Hall–Kier alpha value is -1.39. The highest BCUT2D eigenvalue weighted by Gasteiger charge is 2.24. The SMILES string of the molecule is CCCC(CCC(=O)O)CCN1C(=O)CCCCC1=O. The van der Waals surface area contributed by atoms with Crippen LogP contribution in [0.1, 0.15) is 64.7 Å². The van der Waals surface area contributed by atoms with Gasteiger partial charge in [0.1, 0.15) is 0 Å². The Labute approximate surface area is 120 Å². The van der Waals surface area contributed by atoms with Crippen molar-refractivity contribution in [1.29, 1.82) is 0 Å². The van der Waals surface area contributed by atoms with Gasteiger partial charge in [-0.1, -0.05) is 19.8 Å². The Morgan fingerprint density at radius 1 is 1.15 bits per heavy atom. The zero-order valence-corrected chi connectivity index (χ0v) is 12.3. The van der Waals surface area contributed by atoms with Crippen molar-refractivity contribution >= 4 is 17.8 Å². The number of carbonyl (C=O) groups is 3. The summed E-state index contributed by atoms with van der Waals surface area (Å²) >= 11 is 0. The molecular weight excluding hydrogens is 258 g/mol. The van der Waals surface area contributed by atoms with Gasteiger partial charge in [-0.3, -0.25) is 19.3 Å². The molecule has 5 heteroatoms. The molecule has 2 amide bonds. The number of aliphatic carboxylic acids is 1. The van der Waals surface area contributed by atoms with E-state index in [2.05, 4.69) is 6.92 Å². The molecule has 0 aromatic rings. The number of hydrogen-bond acceptors (Lipinski definition) is 3. The number of nitrogens with zero attached hydrogens (tertiary/aromatic N) is 1. The minimum absolute atomic E-state index is 0.0685. The molecule has 0 bridgehead atoms. The van der Waals surface area contributed by atoms with Crippen molar-refractivity contribution in [2.75, 3.05) is 6.54 Å². The molecule has 1 fully saturated rings. The number of amides is 2. The Kier molecular flexibility index (Phi) is 7.26. The van der Waals surface area contributed by atoms with E-state index in [4.69, 9.17) is 5.11 Å². The first kappa shape index (κ1) is 16.7. The molecule has 1 atom stereocenters. The number of likely N-dealkylation sites (tertiary alicyclic amines) is 1. The van der Waals surface area contributed by atoms with Gasteiger partial charge in [0.2, 0.25) is 11.8 Å². The molecule has 0 aliphatic carbocycles. The van der Waals surface area contributed by atoms with Crippen LogP contribution in [0.25, 0.3) is 0 Å². The van der Waals surface area contributed by atoms with Gasteiger partial charge >= 0.3 is 5.97 Å². The quantitative estimate of drug-likeness (QED) is 0.695. The molecule has 0 spiro atoms. The molecule has 1 heterocycles. The van der Waals surface area contributed by atoms with Gasteiger partial charge in [-0.25, -0.2) is 0 Å². The zero-order chi connectivity index (χ0) is 15.0. The maximum Gasteiger partial charge on any atom is 0.303 e. The number of carboxylic acid groups (broad SMARTS) is 1.